The number of rotatable bonds is 1. The Morgan fingerprint density at radius 2 is 2.13 bits per heavy atom. The van der Waals surface area contributed by atoms with E-state index in [9.17, 15) is 0 Å². The number of imidazole rings is 1. The van der Waals surface area contributed by atoms with Crippen LogP contribution in [-0.4, -0.2) is 22.5 Å². The van der Waals surface area contributed by atoms with Gasteiger partial charge in [-0.15, -0.1) is 0 Å². The minimum Gasteiger partial charge on any atom is -0.317 e. The maximum atomic E-state index is 4.32. The van der Waals surface area contributed by atoms with Gasteiger partial charge in [0.05, 0.1) is 0 Å². The van der Waals surface area contributed by atoms with Gasteiger partial charge in [-0.05, 0) is 49.5 Å². The molecule has 0 radical (unpaired) electrons. The third-order valence-electron chi connectivity index (χ3n) is 3.23. The van der Waals surface area contributed by atoms with E-state index in [1.54, 1.807) is 0 Å². The molecular formula is C12H15N3. The van der Waals surface area contributed by atoms with Crippen LogP contribution in [0.2, 0.25) is 0 Å². The molecule has 2 aromatic rings. The number of piperidine rings is 1. The predicted octanol–water partition coefficient (Wildman–Crippen LogP) is 1.80. The van der Waals surface area contributed by atoms with Crippen LogP contribution in [0.3, 0.4) is 0 Å². The van der Waals surface area contributed by atoms with Gasteiger partial charge in [0.1, 0.15) is 5.65 Å². The van der Waals surface area contributed by atoms with Gasteiger partial charge in [0.2, 0.25) is 0 Å². The monoisotopic (exact) mass is 201 g/mol. The molecule has 1 N–H and O–H groups in total. The lowest BCUT2D eigenvalue weighted by atomic mass is 9.91. The lowest BCUT2D eigenvalue weighted by molar-refractivity contribution is 0.460. The minimum atomic E-state index is 0.716. The van der Waals surface area contributed by atoms with E-state index in [1.807, 2.05) is 12.4 Å². The fraction of sp³-hybridized carbons (Fsp3) is 0.417. The topological polar surface area (TPSA) is 29.3 Å². The molecule has 0 unspecified atom stereocenters. The third kappa shape index (κ3) is 1.63. The Kier molecular flexibility index (Phi) is 2.18. The van der Waals surface area contributed by atoms with Crippen LogP contribution in [-0.2, 0) is 0 Å². The molecule has 2 aromatic heterocycles. The Bertz CT molecular complexity index is 455. The lowest BCUT2D eigenvalue weighted by Gasteiger charge is -2.22. The summed E-state index contributed by atoms with van der Waals surface area (Å²) in [4.78, 5) is 4.32. The fourth-order valence-corrected chi connectivity index (χ4v) is 2.34. The van der Waals surface area contributed by atoms with Crippen molar-refractivity contribution in [2.24, 2.45) is 0 Å². The number of pyridine rings is 1. The highest BCUT2D eigenvalue weighted by molar-refractivity contribution is 5.42. The molecule has 78 valence electrons. The van der Waals surface area contributed by atoms with Gasteiger partial charge in [-0.2, -0.15) is 0 Å². The quantitative estimate of drug-likeness (QED) is 0.762. The molecule has 3 heterocycles. The van der Waals surface area contributed by atoms with Crippen molar-refractivity contribution in [1.29, 1.82) is 0 Å². The van der Waals surface area contributed by atoms with Gasteiger partial charge in [-0.3, -0.25) is 0 Å². The van der Waals surface area contributed by atoms with Crippen LogP contribution in [0.4, 0.5) is 0 Å². The standard InChI is InChI=1S/C12H15N3/c1-4-13-5-2-10(1)11-3-7-15-8-6-14-12(15)9-11/h3,6-10,13H,1-2,4-5H2. The Hall–Kier alpha value is -1.35. The number of hydrogen-bond donors (Lipinski definition) is 1. The van der Waals surface area contributed by atoms with Gasteiger partial charge in [0.25, 0.3) is 0 Å². The molecule has 0 aliphatic carbocycles. The molecule has 3 rings (SSSR count). The first-order valence-electron chi connectivity index (χ1n) is 5.57. The van der Waals surface area contributed by atoms with Crippen molar-refractivity contribution < 1.29 is 0 Å². The highest BCUT2D eigenvalue weighted by Crippen LogP contribution is 2.25. The third-order valence-corrected chi connectivity index (χ3v) is 3.23. The summed E-state index contributed by atoms with van der Waals surface area (Å²) in [6.45, 7) is 2.29. The first-order chi connectivity index (χ1) is 7.43. The summed E-state index contributed by atoms with van der Waals surface area (Å²) in [6.07, 6.45) is 8.44. The van der Waals surface area contributed by atoms with Gasteiger partial charge in [0, 0.05) is 18.6 Å². The van der Waals surface area contributed by atoms with Crippen LogP contribution in [0, 0.1) is 0 Å². The van der Waals surface area contributed by atoms with Crippen molar-refractivity contribution in [3.05, 3.63) is 36.3 Å². The van der Waals surface area contributed by atoms with Gasteiger partial charge in [0.15, 0.2) is 0 Å². The molecule has 0 bridgehead atoms. The predicted molar refractivity (Wildman–Crippen MR) is 60.0 cm³/mol. The van der Waals surface area contributed by atoms with Crippen molar-refractivity contribution in [1.82, 2.24) is 14.7 Å². The molecule has 0 spiro atoms. The molecule has 1 saturated heterocycles. The van der Waals surface area contributed by atoms with Gasteiger partial charge in [-0.25, -0.2) is 4.98 Å². The maximum absolute atomic E-state index is 4.32. The summed E-state index contributed by atoms with van der Waals surface area (Å²) < 4.78 is 2.06. The number of nitrogens with one attached hydrogen (secondary N) is 1. The number of aromatic nitrogens is 2. The van der Waals surface area contributed by atoms with Gasteiger partial charge >= 0.3 is 0 Å². The van der Waals surface area contributed by atoms with Crippen molar-refractivity contribution in [3.63, 3.8) is 0 Å². The van der Waals surface area contributed by atoms with Crippen molar-refractivity contribution >= 4 is 5.65 Å². The van der Waals surface area contributed by atoms with E-state index in [0.29, 0.717) is 5.92 Å². The van der Waals surface area contributed by atoms with Crippen LogP contribution in [0.25, 0.3) is 5.65 Å². The number of fused-ring (bicyclic) bond motifs is 1. The van der Waals surface area contributed by atoms with Crippen LogP contribution >= 0.6 is 0 Å². The molecule has 1 aliphatic heterocycles. The molecule has 0 aromatic carbocycles. The summed E-state index contributed by atoms with van der Waals surface area (Å²) in [5.74, 6) is 0.716. The summed E-state index contributed by atoms with van der Waals surface area (Å²) >= 11 is 0. The summed E-state index contributed by atoms with van der Waals surface area (Å²) in [5, 5.41) is 3.40. The van der Waals surface area contributed by atoms with Crippen LogP contribution < -0.4 is 5.32 Å². The van der Waals surface area contributed by atoms with Crippen molar-refractivity contribution in [3.8, 4) is 0 Å². The second-order valence-corrected chi connectivity index (χ2v) is 4.18. The molecule has 0 amide bonds. The van der Waals surface area contributed by atoms with Crippen molar-refractivity contribution in [2.45, 2.75) is 18.8 Å². The highest BCUT2D eigenvalue weighted by Gasteiger charge is 2.15. The Morgan fingerprint density at radius 1 is 1.27 bits per heavy atom. The maximum Gasteiger partial charge on any atom is 0.136 e. The van der Waals surface area contributed by atoms with E-state index in [0.717, 1.165) is 18.7 Å². The van der Waals surface area contributed by atoms with E-state index >= 15 is 0 Å². The molecule has 3 heteroatoms. The molecule has 0 saturated carbocycles. The van der Waals surface area contributed by atoms with Crippen molar-refractivity contribution in [2.75, 3.05) is 13.1 Å². The molecule has 15 heavy (non-hydrogen) atoms. The first-order valence-corrected chi connectivity index (χ1v) is 5.57. The summed E-state index contributed by atoms with van der Waals surface area (Å²) in [7, 11) is 0. The molecule has 3 nitrogen and oxygen atoms in total. The highest BCUT2D eigenvalue weighted by atomic mass is 15.0. The van der Waals surface area contributed by atoms with E-state index in [2.05, 4.69) is 33.0 Å². The second-order valence-electron chi connectivity index (χ2n) is 4.18. The lowest BCUT2D eigenvalue weighted by Crippen LogP contribution is -2.26. The normalized spacial score (nSPS) is 18.4. The molecular weight excluding hydrogens is 186 g/mol. The SMILES string of the molecule is c1cn2ccc(C3CCNCC3)cc2n1. The minimum absolute atomic E-state index is 0.716. The fourth-order valence-electron chi connectivity index (χ4n) is 2.34. The van der Waals surface area contributed by atoms with E-state index in [-0.39, 0.29) is 0 Å². The average Bonchev–Trinajstić information content (AvgIpc) is 2.77. The van der Waals surface area contributed by atoms with Gasteiger partial charge < -0.3 is 9.72 Å². The summed E-state index contributed by atoms with van der Waals surface area (Å²) in [6, 6.07) is 4.45. The molecule has 1 aliphatic rings. The van der Waals surface area contributed by atoms with Crippen LogP contribution in [0.15, 0.2) is 30.7 Å². The van der Waals surface area contributed by atoms with Crippen LogP contribution in [0.5, 0.6) is 0 Å². The number of nitrogens with zero attached hydrogens (tertiary/aromatic N) is 2. The smallest absolute Gasteiger partial charge is 0.136 e. The second kappa shape index (κ2) is 3.66. The van der Waals surface area contributed by atoms with E-state index < -0.39 is 0 Å². The van der Waals surface area contributed by atoms with E-state index in [4.69, 9.17) is 0 Å². The van der Waals surface area contributed by atoms with Gasteiger partial charge in [-0.1, -0.05) is 0 Å². The molecule has 1 fully saturated rings. The first kappa shape index (κ1) is 8.92. The van der Waals surface area contributed by atoms with E-state index in [1.165, 1.54) is 18.4 Å². The zero-order chi connectivity index (χ0) is 10.1. The summed E-state index contributed by atoms with van der Waals surface area (Å²) in [5.41, 5.74) is 2.50. The zero-order valence-corrected chi connectivity index (χ0v) is 8.69. The Labute approximate surface area is 89.1 Å². The average molecular weight is 201 g/mol. The zero-order valence-electron chi connectivity index (χ0n) is 8.69. The number of hydrogen-bond acceptors (Lipinski definition) is 2. The Balaban J connectivity index is 1.95. The largest absolute Gasteiger partial charge is 0.317 e. The Morgan fingerprint density at radius 3 is 3.00 bits per heavy atom. The molecule has 0 atom stereocenters. The van der Waals surface area contributed by atoms with Crippen LogP contribution in [0.1, 0.15) is 24.3 Å².